The van der Waals surface area contributed by atoms with E-state index in [-0.39, 0.29) is 49.6 Å². The number of aliphatic carboxylic acids is 1. The number of nitrogens with one attached hydrogen (secondary N) is 4. The van der Waals surface area contributed by atoms with Gasteiger partial charge in [-0.1, -0.05) is 54.6 Å². The zero-order valence-electron chi connectivity index (χ0n) is 32.4. The second kappa shape index (κ2) is 26.0. The fourth-order valence-electron chi connectivity index (χ4n) is 4.35. The summed E-state index contributed by atoms with van der Waals surface area (Å²) in [5.41, 5.74) is 16.5. The third kappa shape index (κ3) is 21.1. The molecule has 0 aliphatic heterocycles. The molecule has 0 unspecified atom stereocenters. The number of amides is 1. The third-order valence-corrected chi connectivity index (χ3v) is 6.94. The lowest BCUT2D eigenvalue weighted by molar-refractivity contribution is -0.339. The van der Waals surface area contributed by atoms with Crippen LogP contribution in [0.5, 0.6) is 0 Å². The van der Waals surface area contributed by atoms with Crippen molar-refractivity contribution in [1.29, 1.82) is 5.41 Å². The van der Waals surface area contributed by atoms with Gasteiger partial charge < -0.3 is 42.7 Å². The van der Waals surface area contributed by atoms with Gasteiger partial charge in [0.05, 0.1) is 11.9 Å². The van der Waals surface area contributed by atoms with E-state index in [9.17, 15) is 49.1 Å². The molecule has 0 atom stereocenters. The molecule has 4 rings (SSSR count). The Morgan fingerprint density at radius 1 is 0.871 bits per heavy atom. The van der Waals surface area contributed by atoms with E-state index in [1.54, 1.807) is 36.5 Å². The molecule has 25 heteroatoms. The number of benzene rings is 3. The van der Waals surface area contributed by atoms with E-state index in [1.165, 1.54) is 10.1 Å². The molecule has 0 saturated carbocycles. The molecule has 0 fully saturated rings. The highest BCUT2D eigenvalue weighted by atomic mass is 19.5. The van der Waals surface area contributed by atoms with Crippen LogP contribution in [0.2, 0.25) is 0 Å². The van der Waals surface area contributed by atoms with Gasteiger partial charge in [-0.3, -0.25) is 29.2 Å². The number of alkyl halides is 9. The van der Waals surface area contributed by atoms with E-state index in [0.29, 0.717) is 29.1 Å². The molecule has 0 spiro atoms. The quantitative estimate of drug-likeness (QED) is 0.0271. The van der Waals surface area contributed by atoms with Crippen LogP contribution in [-0.2, 0) is 38.7 Å². The number of hydrogen-bond acceptors (Lipinski definition) is 10. The fraction of sp³-hybridized carbons (Fsp3) is 0.270. The number of nitrogens with two attached hydrogens (primary N) is 2. The number of nitrogen functional groups attached to an aromatic ring is 2. The minimum absolute atomic E-state index is 0.0194. The molecule has 0 aliphatic rings. The molecule has 62 heavy (non-hydrogen) atoms. The van der Waals surface area contributed by atoms with Crippen LogP contribution in [0.25, 0.3) is 11.3 Å². The highest BCUT2D eigenvalue weighted by Gasteiger charge is 2.58. The van der Waals surface area contributed by atoms with Crippen LogP contribution in [-0.4, -0.2) is 86.6 Å². The lowest BCUT2D eigenvalue weighted by atomic mass is 10.1. The van der Waals surface area contributed by atoms with Gasteiger partial charge in [0.1, 0.15) is 12.4 Å². The SMILES string of the molecule is CC(C)Nc1ncc(-c2cc(N)cc(NCCc3ccccc3)c2)n(CC(=O)NCc2ccc(C(=N)N)cc2)c1=O.FC(F)(F)C(F)(F)F.O=C(O)C(F)(F)F.O=CO.O=CO. The maximum Gasteiger partial charge on any atom is 0.490 e. The van der Waals surface area contributed by atoms with Gasteiger partial charge >= 0.3 is 24.5 Å². The Bertz CT molecular complexity index is 2080. The highest BCUT2D eigenvalue weighted by Crippen LogP contribution is 2.36. The number of nitrogens with zero attached hydrogens (tertiary/aromatic N) is 2. The van der Waals surface area contributed by atoms with Crippen LogP contribution >= 0.6 is 0 Å². The summed E-state index contributed by atoms with van der Waals surface area (Å²) in [6.07, 6.45) is -14.8. The van der Waals surface area contributed by atoms with E-state index >= 15 is 0 Å². The van der Waals surface area contributed by atoms with Gasteiger partial charge in [0.15, 0.2) is 5.82 Å². The number of hydrogen-bond donors (Lipinski definition) is 9. The first-order valence-corrected chi connectivity index (χ1v) is 17.1. The van der Waals surface area contributed by atoms with E-state index in [2.05, 4.69) is 33.1 Å². The zero-order valence-corrected chi connectivity index (χ0v) is 32.4. The number of halogens is 9. The van der Waals surface area contributed by atoms with Gasteiger partial charge in [0.25, 0.3) is 18.5 Å². The predicted octanol–water partition coefficient (Wildman–Crippen LogP) is 5.71. The first-order valence-electron chi connectivity index (χ1n) is 17.1. The molecule has 3 aromatic carbocycles. The molecule has 340 valence electrons. The Hall–Kier alpha value is -7.34. The van der Waals surface area contributed by atoms with Crippen LogP contribution < -0.4 is 33.0 Å². The Kier molecular flexibility index (Phi) is 22.9. The Morgan fingerprint density at radius 2 is 1.39 bits per heavy atom. The molecule has 1 amide bonds. The van der Waals surface area contributed by atoms with Crippen molar-refractivity contribution < 1.29 is 74.0 Å². The lowest BCUT2D eigenvalue weighted by Gasteiger charge is -2.17. The molecule has 0 saturated heterocycles. The number of rotatable bonds is 12. The predicted molar refractivity (Wildman–Crippen MR) is 208 cm³/mol. The number of carbonyl (C=O) groups is 4. The Morgan fingerprint density at radius 3 is 1.84 bits per heavy atom. The zero-order chi connectivity index (χ0) is 47.8. The number of carboxylic acids is 1. The second-order valence-corrected chi connectivity index (χ2v) is 12.1. The maximum atomic E-state index is 13.5. The number of carboxylic acid groups (broad SMARTS) is 3. The number of aromatic nitrogens is 2. The molecular weight excluding hydrogens is 855 g/mol. The van der Waals surface area contributed by atoms with Crippen LogP contribution in [0, 0.1) is 5.41 Å². The monoisotopic (exact) mass is 896 g/mol. The van der Waals surface area contributed by atoms with Gasteiger partial charge in [-0.25, -0.2) is 9.78 Å². The molecule has 4 aromatic rings. The normalized spacial score (nSPS) is 10.6. The molecular formula is C37H41F9N8O8. The largest absolute Gasteiger partial charge is 0.490 e. The smallest absolute Gasteiger partial charge is 0.483 e. The summed E-state index contributed by atoms with van der Waals surface area (Å²) in [5, 5.41) is 37.8. The van der Waals surface area contributed by atoms with Gasteiger partial charge in [0.2, 0.25) is 5.91 Å². The van der Waals surface area contributed by atoms with E-state index in [0.717, 1.165) is 17.7 Å². The van der Waals surface area contributed by atoms with Crippen molar-refractivity contribution in [3.05, 3.63) is 106 Å². The topological polar surface area (TPSA) is 276 Å². The average molecular weight is 897 g/mol. The summed E-state index contributed by atoms with van der Waals surface area (Å²) in [6, 6.07) is 22.7. The van der Waals surface area contributed by atoms with Crippen molar-refractivity contribution in [3.63, 3.8) is 0 Å². The van der Waals surface area contributed by atoms with E-state index in [4.69, 9.17) is 46.6 Å². The summed E-state index contributed by atoms with van der Waals surface area (Å²) >= 11 is 0. The molecule has 0 aliphatic carbocycles. The molecule has 16 nitrogen and oxygen atoms in total. The summed E-state index contributed by atoms with van der Waals surface area (Å²) in [5.74, 6) is -2.95. The van der Waals surface area contributed by atoms with E-state index < -0.39 is 30.1 Å². The third-order valence-electron chi connectivity index (χ3n) is 6.94. The molecule has 11 N–H and O–H groups in total. The maximum absolute atomic E-state index is 13.5. The first-order chi connectivity index (χ1) is 28.7. The van der Waals surface area contributed by atoms with Crippen LogP contribution in [0.4, 0.5) is 56.7 Å². The van der Waals surface area contributed by atoms with Gasteiger partial charge in [-0.05, 0) is 49.6 Å². The average Bonchev–Trinajstić information content (AvgIpc) is 3.16. The Balaban J connectivity index is 0.00000147. The standard InChI is InChI=1S/C31H36N8O2.C2F6.C2HF3O2.2CH2O2/c1-20(2)38-30-31(41)39(19-28(40)36-17-22-8-10-23(11-9-22)29(33)34)27(18-37-30)24-14-25(32)16-26(15-24)35-13-12-21-6-4-3-5-7-21;3-1(4,5)2(6,7)8;3-2(4,5)1(6)7;2*2-1-3/h3-11,14-16,18,20,35H,12-13,17,19,32H2,1-2H3,(H3,33,34)(H,36,40)(H,37,38);;(H,6,7);2*1H,(H,2,3). The molecule has 0 radical (unpaired) electrons. The first kappa shape index (κ1) is 54.7. The number of anilines is 3. The minimum Gasteiger partial charge on any atom is -0.483 e. The van der Waals surface area contributed by atoms with Gasteiger partial charge in [0, 0.05) is 41.6 Å². The van der Waals surface area contributed by atoms with Crippen molar-refractivity contribution >= 4 is 47.8 Å². The number of amidine groups is 1. The number of carbonyl (C=O) groups excluding carboxylic acids is 1. The van der Waals surface area contributed by atoms with E-state index in [1.807, 2.05) is 44.2 Å². The lowest BCUT2D eigenvalue weighted by Crippen LogP contribution is -2.35. The van der Waals surface area contributed by atoms with Crippen molar-refractivity contribution in [1.82, 2.24) is 14.9 Å². The molecule has 1 heterocycles. The second-order valence-electron chi connectivity index (χ2n) is 12.1. The van der Waals surface area contributed by atoms with Crippen LogP contribution in [0.1, 0.15) is 30.5 Å². The fourth-order valence-corrected chi connectivity index (χ4v) is 4.35. The van der Waals surface area contributed by atoms with Crippen molar-refractivity contribution in [2.45, 2.75) is 57.9 Å². The summed E-state index contributed by atoms with van der Waals surface area (Å²) in [6.45, 7) is 4.08. The van der Waals surface area contributed by atoms with Crippen molar-refractivity contribution in [2.75, 3.05) is 22.9 Å². The minimum atomic E-state index is -6.06. The van der Waals surface area contributed by atoms with Crippen LogP contribution in [0.15, 0.2) is 83.8 Å². The Labute approximate surface area is 345 Å². The molecule has 0 bridgehead atoms. The van der Waals surface area contributed by atoms with Crippen molar-refractivity contribution in [3.8, 4) is 11.3 Å². The van der Waals surface area contributed by atoms with Gasteiger partial charge in [-0.15, -0.1) is 0 Å². The summed E-state index contributed by atoms with van der Waals surface area (Å²) in [4.78, 5) is 56.5. The van der Waals surface area contributed by atoms with Crippen molar-refractivity contribution in [2.24, 2.45) is 5.73 Å². The van der Waals surface area contributed by atoms with Gasteiger partial charge in [-0.2, -0.15) is 39.5 Å². The van der Waals surface area contributed by atoms with Crippen LogP contribution in [0.3, 0.4) is 0 Å². The summed E-state index contributed by atoms with van der Waals surface area (Å²) in [7, 11) is 0. The molecule has 1 aromatic heterocycles. The summed E-state index contributed by atoms with van der Waals surface area (Å²) < 4.78 is 95.8. The highest BCUT2D eigenvalue weighted by molar-refractivity contribution is 5.94.